The normalized spacial score (nSPS) is 15.3. The molecule has 3 aromatic rings. The molecule has 2 aromatic carbocycles. The molecule has 1 aromatic heterocycles. The largest absolute Gasteiger partial charge is 0.506 e. The van der Waals surface area contributed by atoms with Gasteiger partial charge in [0.25, 0.3) is 11.2 Å². The van der Waals surface area contributed by atoms with E-state index in [4.69, 9.17) is 9.47 Å². The van der Waals surface area contributed by atoms with Crippen molar-refractivity contribution in [3.63, 3.8) is 0 Å². The molecule has 1 aliphatic heterocycles. The van der Waals surface area contributed by atoms with Gasteiger partial charge in [-0.05, 0) is 67.4 Å². The predicted octanol–water partition coefficient (Wildman–Crippen LogP) is 3.96. The van der Waals surface area contributed by atoms with E-state index >= 15 is 0 Å². The monoisotopic (exact) mass is 601 g/mol. The van der Waals surface area contributed by atoms with Crippen LogP contribution >= 0.6 is 27.3 Å². The number of aromatic nitrogens is 1. The number of carbonyl (C=O) groups is 1. The second-order valence-electron chi connectivity index (χ2n) is 8.66. The molecule has 0 bridgehead atoms. The Labute approximate surface area is 229 Å². The fourth-order valence-corrected chi connectivity index (χ4v) is 5.57. The van der Waals surface area contributed by atoms with Gasteiger partial charge in [0.05, 0.1) is 44.0 Å². The lowest BCUT2D eigenvalue weighted by Gasteiger charge is -2.25. The summed E-state index contributed by atoms with van der Waals surface area (Å²) in [5.74, 6) is -0.195. The molecule has 1 atom stereocenters. The summed E-state index contributed by atoms with van der Waals surface area (Å²) in [6.07, 6.45) is 1.35. The molecule has 38 heavy (non-hydrogen) atoms. The molecule has 1 N–H and O–H groups in total. The van der Waals surface area contributed by atoms with Crippen LogP contribution in [-0.2, 0) is 9.53 Å². The molecule has 12 heteroatoms. The maximum Gasteiger partial charge on any atom is 0.338 e. The van der Waals surface area contributed by atoms with Gasteiger partial charge >= 0.3 is 5.97 Å². The maximum absolute atomic E-state index is 13.7. The van der Waals surface area contributed by atoms with Crippen molar-refractivity contribution in [1.82, 2.24) is 4.57 Å². The number of nitro groups is 1. The number of fused-ring (bicyclic) bond motifs is 1. The van der Waals surface area contributed by atoms with Crippen molar-refractivity contribution in [2.24, 2.45) is 4.99 Å². The zero-order valence-corrected chi connectivity index (χ0v) is 23.3. The van der Waals surface area contributed by atoms with Crippen molar-refractivity contribution in [2.75, 3.05) is 6.61 Å². The van der Waals surface area contributed by atoms with E-state index in [2.05, 4.69) is 20.9 Å². The minimum Gasteiger partial charge on any atom is -0.506 e. The molecule has 0 saturated heterocycles. The SMILES string of the molecule is CCOC(=O)C1=C(C)N=c2s/c(=C\c3cc([N+](=O)[O-])cc(Br)c3O)c(=O)n2[C@@H]1c1ccc(OC(C)C)cc1. The Hall–Kier alpha value is -3.77. The molecule has 0 aliphatic carbocycles. The molecule has 0 fully saturated rings. The Morgan fingerprint density at radius 2 is 2.00 bits per heavy atom. The molecule has 10 nitrogen and oxygen atoms in total. The topological polar surface area (TPSA) is 133 Å². The number of nitrogens with zero attached hydrogens (tertiary/aromatic N) is 3. The van der Waals surface area contributed by atoms with Gasteiger partial charge in [0.15, 0.2) is 4.80 Å². The fraction of sp³-hybridized carbons (Fsp3) is 0.269. The van der Waals surface area contributed by atoms with Crippen LogP contribution in [0.4, 0.5) is 5.69 Å². The number of nitro benzene ring substituents is 1. The van der Waals surface area contributed by atoms with Crippen molar-refractivity contribution >= 4 is 45.0 Å². The fourth-order valence-electron chi connectivity index (χ4n) is 4.07. The van der Waals surface area contributed by atoms with Gasteiger partial charge in [0.2, 0.25) is 0 Å². The van der Waals surface area contributed by atoms with Crippen LogP contribution in [0.3, 0.4) is 0 Å². The highest BCUT2D eigenvalue weighted by Gasteiger charge is 2.33. The van der Waals surface area contributed by atoms with Crippen molar-refractivity contribution in [3.05, 3.63) is 93.1 Å². The number of rotatable bonds is 7. The third-order valence-electron chi connectivity index (χ3n) is 5.66. The van der Waals surface area contributed by atoms with Crippen LogP contribution in [0.25, 0.3) is 6.08 Å². The lowest BCUT2D eigenvalue weighted by Crippen LogP contribution is -2.39. The van der Waals surface area contributed by atoms with Gasteiger partial charge in [0, 0.05) is 17.7 Å². The van der Waals surface area contributed by atoms with E-state index in [9.17, 15) is 24.8 Å². The summed E-state index contributed by atoms with van der Waals surface area (Å²) in [7, 11) is 0. The van der Waals surface area contributed by atoms with Crippen molar-refractivity contribution < 1.29 is 24.3 Å². The minimum absolute atomic E-state index is 0.0268. The van der Waals surface area contributed by atoms with Crippen LogP contribution in [-0.4, -0.2) is 33.3 Å². The van der Waals surface area contributed by atoms with Crippen molar-refractivity contribution in [2.45, 2.75) is 39.8 Å². The first-order chi connectivity index (χ1) is 18.0. The predicted molar refractivity (Wildman–Crippen MR) is 145 cm³/mol. The molecule has 198 valence electrons. The first-order valence-corrected chi connectivity index (χ1v) is 13.3. The zero-order chi connectivity index (χ0) is 27.7. The van der Waals surface area contributed by atoms with E-state index in [0.29, 0.717) is 21.8 Å². The Bertz CT molecular complexity index is 1640. The summed E-state index contributed by atoms with van der Waals surface area (Å²) < 4.78 is 12.7. The summed E-state index contributed by atoms with van der Waals surface area (Å²) in [5, 5.41) is 21.8. The maximum atomic E-state index is 13.7. The Morgan fingerprint density at radius 3 is 2.61 bits per heavy atom. The van der Waals surface area contributed by atoms with Crippen LogP contribution in [0.2, 0.25) is 0 Å². The van der Waals surface area contributed by atoms with Crippen LogP contribution in [0.5, 0.6) is 11.5 Å². The van der Waals surface area contributed by atoms with E-state index in [0.717, 1.165) is 11.3 Å². The summed E-state index contributed by atoms with van der Waals surface area (Å²) in [6.45, 7) is 7.34. The van der Waals surface area contributed by atoms with E-state index in [1.165, 1.54) is 22.8 Å². The zero-order valence-electron chi connectivity index (χ0n) is 20.9. The van der Waals surface area contributed by atoms with E-state index in [1.54, 1.807) is 38.1 Å². The first kappa shape index (κ1) is 27.3. The number of hydrogen-bond acceptors (Lipinski definition) is 9. The number of thiazole rings is 1. The number of phenols is 1. The number of esters is 1. The van der Waals surface area contributed by atoms with E-state index in [-0.39, 0.29) is 44.3 Å². The van der Waals surface area contributed by atoms with Gasteiger partial charge in [-0.25, -0.2) is 9.79 Å². The number of phenolic OH excluding ortho intramolecular Hbond substituents is 1. The van der Waals surface area contributed by atoms with Crippen LogP contribution in [0, 0.1) is 10.1 Å². The van der Waals surface area contributed by atoms with Gasteiger partial charge < -0.3 is 14.6 Å². The number of allylic oxidation sites excluding steroid dienone is 1. The summed E-state index contributed by atoms with van der Waals surface area (Å²) in [5.41, 5.74) is 0.638. The average Bonchev–Trinajstić information content (AvgIpc) is 3.15. The average molecular weight is 602 g/mol. The smallest absolute Gasteiger partial charge is 0.338 e. The van der Waals surface area contributed by atoms with Crippen molar-refractivity contribution in [3.8, 4) is 11.5 Å². The molecule has 4 rings (SSSR count). The molecule has 0 radical (unpaired) electrons. The highest BCUT2D eigenvalue weighted by atomic mass is 79.9. The number of hydrogen-bond donors (Lipinski definition) is 1. The van der Waals surface area contributed by atoms with Crippen molar-refractivity contribution in [1.29, 1.82) is 0 Å². The van der Waals surface area contributed by atoms with E-state index < -0.39 is 22.5 Å². The summed E-state index contributed by atoms with van der Waals surface area (Å²) in [4.78, 5) is 42.3. The molecule has 0 unspecified atom stereocenters. The van der Waals surface area contributed by atoms with E-state index in [1.807, 2.05) is 13.8 Å². The third kappa shape index (κ3) is 5.27. The Balaban J connectivity index is 1.93. The van der Waals surface area contributed by atoms with Gasteiger partial charge in [-0.3, -0.25) is 19.5 Å². The molecule has 0 saturated carbocycles. The number of benzene rings is 2. The molecule has 2 heterocycles. The molecular formula is C26H24BrN3O7S. The number of aromatic hydroxyl groups is 1. The molecule has 0 amide bonds. The number of non-ortho nitro benzene ring substituents is 1. The molecule has 1 aliphatic rings. The second kappa shape index (κ2) is 10.9. The standard InChI is InChI=1S/C26H24BrN3O7S/c1-5-36-25(33)21-14(4)28-26-29(22(21)15-6-8-18(9-7-15)37-13(2)3)24(32)20(38-26)11-16-10-17(30(34)35)12-19(27)23(16)31/h6-13,22,31H,5H2,1-4H3/b20-11-/t22-/m1/s1. The van der Waals surface area contributed by atoms with Gasteiger partial charge in [-0.1, -0.05) is 23.5 Å². The molecule has 0 spiro atoms. The Kier molecular flexibility index (Phi) is 7.83. The quantitative estimate of drug-likeness (QED) is 0.246. The lowest BCUT2D eigenvalue weighted by atomic mass is 9.96. The minimum atomic E-state index is -0.828. The second-order valence-corrected chi connectivity index (χ2v) is 10.5. The highest BCUT2D eigenvalue weighted by molar-refractivity contribution is 9.10. The lowest BCUT2D eigenvalue weighted by molar-refractivity contribution is -0.385. The summed E-state index contributed by atoms with van der Waals surface area (Å²) in [6, 6.07) is 8.62. The molecular weight excluding hydrogens is 578 g/mol. The van der Waals surface area contributed by atoms with Crippen LogP contribution in [0.1, 0.15) is 44.9 Å². The number of carbonyl (C=O) groups excluding carboxylic acids is 1. The summed E-state index contributed by atoms with van der Waals surface area (Å²) >= 11 is 4.17. The van der Waals surface area contributed by atoms with Gasteiger partial charge in [-0.15, -0.1) is 0 Å². The van der Waals surface area contributed by atoms with Gasteiger partial charge in [0.1, 0.15) is 11.5 Å². The highest BCUT2D eigenvalue weighted by Crippen LogP contribution is 2.34. The number of halogens is 1. The van der Waals surface area contributed by atoms with Crippen LogP contribution in [0.15, 0.2) is 61.9 Å². The van der Waals surface area contributed by atoms with Crippen LogP contribution < -0.4 is 19.6 Å². The Morgan fingerprint density at radius 1 is 1.32 bits per heavy atom. The third-order valence-corrected chi connectivity index (χ3v) is 7.25. The van der Waals surface area contributed by atoms with Gasteiger partial charge in [-0.2, -0.15) is 0 Å². The first-order valence-electron chi connectivity index (χ1n) is 11.6. The number of ether oxygens (including phenoxy) is 2.